The van der Waals surface area contributed by atoms with Crippen LogP contribution in [0.4, 0.5) is 0 Å². The van der Waals surface area contributed by atoms with Crippen molar-refractivity contribution >= 4 is 32.6 Å². The Morgan fingerprint density at radius 3 is 2.07 bits per heavy atom. The number of hydrogen-bond acceptors (Lipinski definition) is 2. The highest BCUT2D eigenvalue weighted by molar-refractivity contribution is 14.1. The van der Waals surface area contributed by atoms with Crippen molar-refractivity contribution in [3.8, 4) is 0 Å². The second-order valence-corrected chi connectivity index (χ2v) is 5.09. The van der Waals surface area contributed by atoms with Gasteiger partial charge < -0.3 is 0 Å². The maximum absolute atomic E-state index is 11.0. The van der Waals surface area contributed by atoms with Crippen molar-refractivity contribution in [2.45, 2.75) is 25.7 Å². The van der Waals surface area contributed by atoms with Gasteiger partial charge in [-0.25, -0.2) is 13.6 Å². The Balaban J connectivity index is 0.000000791. The second kappa shape index (κ2) is 5.67. The van der Waals surface area contributed by atoms with Crippen LogP contribution in [0.15, 0.2) is 23.1 Å². The van der Waals surface area contributed by atoms with Crippen LogP contribution in [0.5, 0.6) is 0 Å². The van der Waals surface area contributed by atoms with Gasteiger partial charge in [-0.15, -0.1) is 0 Å². The van der Waals surface area contributed by atoms with Crippen molar-refractivity contribution in [2.75, 3.05) is 0 Å². The molecule has 0 unspecified atom stereocenters. The van der Waals surface area contributed by atoms with Gasteiger partial charge in [0.05, 0.1) is 4.90 Å². The van der Waals surface area contributed by atoms with E-state index in [0.717, 1.165) is 0 Å². The number of benzene rings is 1. The predicted octanol–water partition coefficient (Wildman–Crippen LogP) is 2.27. The number of rotatable bonds is 1. The van der Waals surface area contributed by atoms with Crippen LogP contribution in [0.2, 0.25) is 0 Å². The van der Waals surface area contributed by atoms with E-state index >= 15 is 0 Å². The molecule has 80 valence electrons. The van der Waals surface area contributed by atoms with Crippen molar-refractivity contribution in [1.82, 2.24) is 0 Å². The molecule has 2 N–H and O–H groups in total. The van der Waals surface area contributed by atoms with E-state index in [1.165, 1.54) is 0 Å². The molecule has 1 aromatic carbocycles. The fraction of sp³-hybridized carbons (Fsp3) is 0.333. The fourth-order valence-electron chi connectivity index (χ4n) is 0.977. The zero-order valence-corrected chi connectivity index (χ0v) is 11.4. The van der Waals surface area contributed by atoms with Gasteiger partial charge in [-0.2, -0.15) is 0 Å². The monoisotopic (exact) mass is 327 g/mol. The van der Waals surface area contributed by atoms with E-state index in [-0.39, 0.29) is 4.90 Å². The van der Waals surface area contributed by atoms with E-state index in [9.17, 15) is 8.42 Å². The quantitative estimate of drug-likeness (QED) is 0.805. The van der Waals surface area contributed by atoms with Gasteiger partial charge in [0.2, 0.25) is 10.0 Å². The van der Waals surface area contributed by atoms with E-state index in [2.05, 4.69) is 0 Å². The van der Waals surface area contributed by atoms with Crippen LogP contribution in [0.1, 0.15) is 19.4 Å². The molecule has 14 heavy (non-hydrogen) atoms. The van der Waals surface area contributed by atoms with Crippen LogP contribution < -0.4 is 5.14 Å². The number of halogens is 1. The highest BCUT2D eigenvalue weighted by Crippen LogP contribution is 2.19. The molecule has 0 aliphatic heterocycles. The van der Waals surface area contributed by atoms with Crippen LogP contribution >= 0.6 is 22.6 Å². The topological polar surface area (TPSA) is 60.2 Å². The molecule has 1 aromatic rings. The highest BCUT2D eigenvalue weighted by Gasteiger charge is 2.14. The van der Waals surface area contributed by atoms with E-state index in [1.807, 2.05) is 36.4 Å². The smallest absolute Gasteiger partial charge is 0.225 e. The fourth-order valence-corrected chi connectivity index (χ4v) is 3.39. The van der Waals surface area contributed by atoms with Gasteiger partial charge in [0.15, 0.2) is 0 Å². The average Bonchev–Trinajstić information content (AvgIpc) is 2.05. The van der Waals surface area contributed by atoms with Crippen LogP contribution in [-0.2, 0) is 10.0 Å². The van der Waals surface area contributed by atoms with Crippen molar-refractivity contribution in [1.29, 1.82) is 0 Å². The standard InChI is InChI=1S/C7H8INO2S.C2H6/c1-5-3-2-4-6(8)7(5)12(9,10)11;1-2/h2-4H,1H3,(H2,9,10,11);1-2H3. The molecular formula is C9H14INO2S. The average molecular weight is 327 g/mol. The van der Waals surface area contributed by atoms with Crippen molar-refractivity contribution in [3.05, 3.63) is 27.3 Å². The summed E-state index contributed by atoms with van der Waals surface area (Å²) in [6.07, 6.45) is 0. The van der Waals surface area contributed by atoms with E-state index in [4.69, 9.17) is 5.14 Å². The molecule has 0 aliphatic carbocycles. The van der Waals surface area contributed by atoms with Crippen LogP contribution in [0, 0.1) is 10.5 Å². The lowest BCUT2D eigenvalue weighted by molar-refractivity contribution is 0.596. The highest BCUT2D eigenvalue weighted by atomic mass is 127. The number of primary sulfonamides is 1. The molecule has 1 rings (SSSR count). The van der Waals surface area contributed by atoms with Crippen molar-refractivity contribution in [2.24, 2.45) is 5.14 Å². The summed E-state index contributed by atoms with van der Waals surface area (Å²) in [5, 5.41) is 5.03. The van der Waals surface area contributed by atoms with Crippen LogP contribution in [0.25, 0.3) is 0 Å². The molecule has 0 aromatic heterocycles. The molecule has 5 heteroatoms. The minimum Gasteiger partial charge on any atom is -0.225 e. The summed E-state index contributed by atoms with van der Waals surface area (Å²) in [6.45, 7) is 5.72. The zero-order chi connectivity index (χ0) is 11.4. The third-order valence-electron chi connectivity index (χ3n) is 1.45. The van der Waals surface area contributed by atoms with Crippen molar-refractivity contribution < 1.29 is 8.42 Å². The molecule has 0 radical (unpaired) electrons. The molecule has 0 aliphatic rings. The molecule has 0 spiro atoms. The van der Waals surface area contributed by atoms with Gasteiger partial charge in [0, 0.05) is 3.57 Å². The zero-order valence-electron chi connectivity index (χ0n) is 8.41. The minimum absolute atomic E-state index is 0.227. The van der Waals surface area contributed by atoms with Gasteiger partial charge in [-0.3, -0.25) is 0 Å². The Morgan fingerprint density at radius 1 is 1.29 bits per heavy atom. The van der Waals surface area contributed by atoms with Gasteiger partial charge in [-0.05, 0) is 41.1 Å². The summed E-state index contributed by atoms with van der Waals surface area (Å²) in [7, 11) is -3.57. The van der Waals surface area contributed by atoms with Gasteiger partial charge in [0.1, 0.15) is 0 Å². The molecule has 0 bridgehead atoms. The molecule has 0 saturated carbocycles. The Bertz CT molecular complexity index is 381. The lowest BCUT2D eigenvalue weighted by atomic mass is 10.2. The van der Waals surface area contributed by atoms with Crippen LogP contribution in [0.3, 0.4) is 0 Å². The SMILES string of the molecule is CC.Cc1cccc(I)c1S(N)(=O)=O. The Kier molecular flexibility index (Phi) is 5.61. The van der Waals surface area contributed by atoms with E-state index in [1.54, 1.807) is 25.1 Å². The first-order chi connectivity index (χ1) is 6.43. The van der Waals surface area contributed by atoms with Gasteiger partial charge in [0.25, 0.3) is 0 Å². The molecule has 0 amide bonds. The van der Waals surface area contributed by atoms with Gasteiger partial charge in [-0.1, -0.05) is 26.0 Å². The molecule has 0 heterocycles. The second-order valence-electron chi connectivity index (χ2n) is 2.43. The number of hydrogen-bond donors (Lipinski definition) is 1. The summed E-state index contributed by atoms with van der Waals surface area (Å²) >= 11 is 1.95. The Morgan fingerprint density at radius 2 is 1.79 bits per heavy atom. The lowest BCUT2D eigenvalue weighted by Gasteiger charge is -2.04. The van der Waals surface area contributed by atoms with E-state index in [0.29, 0.717) is 9.13 Å². The Labute approximate surface area is 98.9 Å². The predicted molar refractivity (Wildman–Crippen MR) is 66.6 cm³/mol. The third kappa shape index (κ3) is 3.55. The normalized spacial score (nSPS) is 10.4. The Hall–Kier alpha value is -0.140. The van der Waals surface area contributed by atoms with Gasteiger partial charge >= 0.3 is 0 Å². The summed E-state index contributed by atoms with van der Waals surface area (Å²) in [5.41, 5.74) is 0.685. The molecule has 0 fully saturated rings. The summed E-state index contributed by atoms with van der Waals surface area (Å²) in [5.74, 6) is 0. The molecule has 0 saturated heterocycles. The molecule has 0 atom stereocenters. The van der Waals surface area contributed by atoms with E-state index < -0.39 is 10.0 Å². The lowest BCUT2D eigenvalue weighted by Crippen LogP contribution is -2.15. The molecule has 3 nitrogen and oxygen atoms in total. The maximum atomic E-state index is 11.0. The molecular weight excluding hydrogens is 313 g/mol. The third-order valence-corrected chi connectivity index (χ3v) is 3.82. The summed E-state index contributed by atoms with van der Waals surface area (Å²) < 4.78 is 22.8. The summed E-state index contributed by atoms with van der Waals surface area (Å²) in [6, 6.07) is 5.24. The maximum Gasteiger partial charge on any atom is 0.239 e. The first kappa shape index (κ1) is 13.9. The summed E-state index contributed by atoms with van der Waals surface area (Å²) in [4.78, 5) is 0.227. The van der Waals surface area contributed by atoms with Crippen molar-refractivity contribution in [3.63, 3.8) is 0 Å². The largest absolute Gasteiger partial charge is 0.239 e. The number of sulfonamides is 1. The van der Waals surface area contributed by atoms with Crippen LogP contribution in [-0.4, -0.2) is 8.42 Å². The number of aryl methyl sites for hydroxylation is 1. The first-order valence-corrected chi connectivity index (χ1v) is 6.83. The first-order valence-electron chi connectivity index (χ1n) is 4.21. The number of nitrogens with two attached hydrogens (primary N) is 1. The minimum atomic E-state index is -3.57.